The third-order valence-corrected chi connectivity index (χ3v) is 4.56. The van der Waals surface area contributed by atoms with E-state index >= 15 is 0 Å². The van der Waals surface area contributed by atoms with E-state index in [1.165, 1.54) is 23.1 Å². The van der Waals surface area contributed by atoms with Gasteiger partial charge in [-0.2, -0.15) is 0 Å². The minimum Gasteiger partial charge on any atom is -0.478 e. The first-order valence-corrected chi connectivity index (χ1v) is 7.13. The van der Waals surface area contributed by atoms with Gasteiger partial charge in [-0.15, -0.1) is 10.2 Å². The highest BCUT2D eigenvalue weighted by molar-refractivity contribution is 8.01. The Morgan fingerprint density at radius 1 is 1.37 bits per heavy atom. The highest BCUT2D eigenvalue weighted by atomic mass is 32.2. The summed E-state index contributed by atoms with van der Waals surface area (Å²) in [6.45, 7) is 1.87. The van der Waals surface area contributed by atoms with Gasteiger partial charge >= 0.3 is 5.97 Å². The fourth-order valence-electron chi connectivity index (χ4n) is 1.42. The van der Waals surface area contributed by atoms with Crippen LogP contribution in [0.5, 0.6) is 0 Å². The van der Waals surface area contributed by atoms with Gasteiger partial charge in [-0.05, 0) is 19.1 Å². The Morgan fingerprint density at radius 2 is 2.11 bits per heavy atom. The van der Waals surface area contributed by atoms with E-state index < -0.39 is 5.97 Å². The van der Waals surface area contributed by atoms with Crippen LogP contribution in [-0.4, -0.2) is 35.4 Å². The number of hydrogen-bond acceptors (Lipinski definition) is 6. The number of carboxylic acid groups (broad SMARTS) is 1. The minimum atomic E-state index is -0.927. The van der Waals surface area contributed by atoms with E-state index in [0.717, 1.165) is 15.0 Å². The molecule has 1 heterocycles. The summed E-state index contributed by atoms with van der Waals surface area (Å²) in [4.78, 5) is 13.8. The number of carboxylic acids is 1. The van der Waals surface area contributed by atoms with Crippen LogP contribution in [0.3, 0.4) is 0 Å². The van der Waals surface area contributed by atoms with Crippen molar-refractivity contribution >= 4 is 34.2 Å². The number of benzene rings is 1. The first-order valence-electron chi connectivity index (χ1n) is 5.50. The Balaban J connectivity index is 2.29. The third kappa shape index (κ3) is 3.24. The Kier molecular flexibility index (Phi) is 4.06. The number of nitrogens with zero attached hydrogens (tertiary/aromatic N) is 3. The van der Waals surface area contributed by atoms with Crippen molar-refractivity contribution in [3.8, 4) is 0 Å². The fourth-order valence-corrected chi connectivity index (χ4v) is 3.24. The van der Waals surface area contributed by atoms with E-state index in [4.69, 9.17) is 0 Å². The molecule has 1 aromatic heterocycles. The van der Waals surface area contributed by atoms with Crippen LogP contribution in [-0.2, 0) is 0 Å². The number of carbonyl (C=O) groups is 1. The number of rotatable bonds is 4. The van der Waals surface area contributed by atoms with Crippen LogP contribution in [0, 0.1) is 6.92 Å². The molecule has 19 heavy (non-hydrogen) atoms. The maximum atomic E-state index is 11.2. The Morgan fingerprint density at radius 3 is 2.68 bits per heavy atom. The summed E-state index contributed by atoms with van der Waals surface area (Å²) in [7, 11) is 3.78. The predicted octanol–water partition coefficient (Wildman–Crippen LogP) is 2.76. The van der Waals surface area contributed by atoms with Gasteiger partial charge in [-0.1, -0.05) is 34.7 Å². The van der Waals surface area contributed by atoms with Crippen LogP contribution < -0.4 is 4.90 Å². The predicted molar refractivity (Wildman–Crippen MR) is 76.5 cm³/mol. The van der Waals surface area contributed by atoms with Crippen molar-refractivity contribution in [3.63, 3.8) is 0 Å². The molecule has 0 amide bonds. The van der Waals surface area contributed by atoms with Crippen LogP contribution in [0.2, 0.25) is 0 Å². The van der Waals surface area contributed by atoms with Crippen LogP contribution in [0.15, 0.2) is 27.4 Å². The topological polar surface area (TPSA) is 66.3 Å². The summed E-state index contributed by atoms with van der Waals surface area (Å²) in [6, 6.07) is 5.36. The van der Waals surface area contributed by atoms with Crippen LogP contribution in [0.1, 0.15) is 15.9 Å². The standard InChI is InChI=1S/C12H13N3O2S2/c1-7-4-5-9(8(6-7)10(16)17)18-12-14-13-11(19-12)15(2)3/h4-6H,1-3H3,(H,16,17). The molecule has 2 aromatic rings. The molecule has 0 unspecified atom stereocenters. The van der Waals surface area contributed by atoms with Gasteiger partial charge < -0.3 is 10.0 Å². The molecular weight excluding hydrogens is 282 g/mol. The molecule has 5 nitrogen and oxygen atoms in total. The molecule has 0 spiro atoms. The largest absolute Gasteiger partial charge is 0.478 e. The van der Waals surface area contributed by atoms with Crippen molar-refractivity contribution in [2.45, 2.75) is 16.2 Å². The normalized spacial score (nSPS) is 10.5. The van der Waals surface area contributed by atoms with E-state index in [1.54, 1.807) is 12.1 Å². The molecule has 2 rings (SSSR count). The third-order valence-electron chi connectivity index (χ3n) is 2.34. The molecule has 0 saturated carbocycles. The van der Waals surface area contributed by atoms with E-state index in [9.17, 15) is 9.90 Å². The van der Waals surface area contributed by atoms with E-state index in [-0.39, 0.29) is 0 Å². The van der Waals surface area contributed by atoms with E-state index in [1.807, 2.05) is 32.0 Å². The second-order valence-corrected chi connectivity index (χ2v) is 6.40. The highest BCUT2D eigenvalue weighted by Crippen LogP contribution is 2.34. The van der Waals surface area contributed by atoms with Crippen LogP contribution in [0.4, 0.5) is 5.13 Å². The van der Waals surface area contributed by atoms with E-state index in [2.05, 4.69) is 10.2 Å². The molecule has 100 valence electrons. The lowest BCUT2D eigenvalue weighted by atomic mass is 10.1. The van der Waals surface area contributed by atoms with Crippen molar-refractivity contribution in [2.24, 2.45) is 0 Å². The summed E-state index contributed by atoms with van der Waals surface area (Å²) in [5, 5.41) is 18.1. The first-order chi connectivity index (χ1) is 8.97. The molecule has 0 bridgehead atoms. The summed E-state index contributed by atoms with van der Waals surface area (Å²) < 4.78 is 0.732. The molecule has 0 aliphatic carbocycles. The molecule has 0 fully saturated rings. The summed E-state index contributed by atoms with van der Waals surface area (Å²) in [5.41, 5.74) is 1.22. The first kappa shape index (κ1) is 13.8. The quantitative estimate of drug-likeness (QED) is 0.935. The van der Waals surface area contributed by atoms with Gasteiger partial charge in [0.25, 0.3) is 0 Å². The molecule has 0 aliphatic heterocycles. The van der Waals surface area contributed by atoms with Crippen molar-refractivity contribution in [2.75, 3.05) is 19.0 Å². The van der Waals surface area contributed by atoms with Gasteiger partial charge in [0.05, 0.1) is 5.56 Å². The van der Waals surface area contributed by atoms with Gasteiger partial charge in [0, 0.05) is 19.0 Å². The molecule has 0 radical (unpaired) electrons. The Hall–Kier alpha value is -1.60. The Labute approximate surface area is 119 Å². The second-order valence-electron chi connectivity index (χ2n) is 4.15. The average molecular weight is 295 g/mol. The number of aryl methyl sites for hydroxylation is 1. The van der Waals surface area contributed by atoms with Gasteiger partial charge in [-0.25, -0.2) is 4.79 Å². The maximum absolute atomic E-state index is 11.2. The fraction of sp³-hybridized carbons (Fsp3) is 0.250. The zero-order valence-corrected chi connectivity index (χ0v) is 12.4. The van der Waals surface area contributed by atoms with Crippen LogP contribution in [0.25, 0.3) is 0 Å². The summed E-state index contributed by atoms with van der Waals surface area (Å²) >= 11 is 2.76. The smallest absolute Gasteiger partial charge is 0.336 e. The lowest BCUT2D eigenvalue weighted by molar-refractivity contribution is 0.0693. The highest BCUT2D eigenvalue weighted by Gasteiger charge is 2.14. The zero-order chi connectivity index (χ0) is 14.0. The average Bonchev–Trinajstić information content (AvgIpc) is 2.80. The van der Waals surface area contributed by atoms with Crippen LogP contribution >= 0.6 is 23.1 Å². The van der Waals surface area contributed by atoms with Gasteiger partial charge in [0.15, 0.2) is 4.34 Å². The summed E-state index contributed by atoms with van der Waals surface area (Å²) in [6.07, 6.45) is 0. The number of anilines is 1. The molecule has 1 N–H and O–H groups in total. The molecular formula is C12H13N3O2S2. The van der Waals surface area contributed by atoms with Gasteiger partial charge in [-0.3, -0.25) is 0 Å². The monoisotopic (exact) mass is 295 g/mol. The number of aromatic carboxylic acids is 1. The van der Waals surface area contributed by atoms with Gasteiger partial charge in [0.2, 0.25) is 5.13 Å². The number of hydrogen-bond donors (Lipinski definition) is 1. The molecule has 7 heteroatoms. The molecule has 0 saturated heterocycles. The molecule has 1 aromatic carbocycles. The second kappa shape index (κ2) is 5.58. The zero-order valence-electron chi connectivity index (χ0n) is 10.7. The molecule has 0 aliphatic rings. The van der Waals surface area contributed by atoms with Crippen molar-refractivity contribution < 1.29 is 9.90 Å². The SMILES string of the molecule is Cc1ccc(Sc2nnc(N(C)C)s2)c(C(=O)O)c1. The Bertz CT molecular complexity index is 611. The maximum Gasteiger partial charge on any atom is 0.336 e. The summed E-state index contributed by atoms with van der Waals surface area (Å²) in [5.74, 6) is -0.927. The van der Waals surface area contributed by atoms with Crippen molar-refractivity contribution in [1.29, 1.82) is 0 Å². The van der Waals surface area contributed by atoms with Crippen molar-refractivity contribution in [3.05, 3.63) is 29.3 Å². The van der Waals surface area contributed by atoms with Gasteiger partial charge in [0.1, 0.15) is 0 Å². The van der Waals surface area contributed by atoms with E-state index in [0.29, 0.717) is 10.5 Å². The lowest BCUT2D eigenvalue weighted by Crippen LogP contribution is -2.07. The minimum absolute atomic E-state index is 0.298. The molecule has 0 atom stereocenters. The lowest BCUT2D eigenvalue weighted by Gasteiger charge is -2.05. The number of aromatic nitrogens is 2. The van der Waals surface area contributed by atoms with Crippen molar-refractivity contribution in [1.82, 2.24) is 10.2 Å².